The van der Waals surface area contributed by atoms with Gasteiger partial charge in [0.2, 0.25) is 0 Å². The van der Waals surface area contributed by atoms with Gasteiger partial charge in [0.1, 0.15) is 0 Å². The van der Waals surface area contributed by atoms with Crippen LogP contribution < -0.4 is 0 Å². The van der Waals surface area contributed by atoms with Gasteiger partial charge in [0, 0.05) is 11.1 Å². The van der Waals surface area contributed by atoms with E-state index in [0.29, 0.717) is 17.6 Å². The molecule has 0 unspecified atom stereocenters. The Labute approximate surface area is 82.1 Å². The Morgan fingerprint density at radius 1 is 1.43 bits per heavy atom. The predicted octanol–water partition coefficient (Wildman–Crippen LogP) is 0.635. The third-order valence-corrected chi connectivity index (χ3v) is 2.40. The van der Waals surface area contributed by atoms with Crippen LogP contribution in [0, 0.1) is 12.3 Å². The molecule has 2 rings (SSSR count). The Balaban J connectivity index is 2.36. The molecule has 0 fully saturated rings. The average Bonchev–Trinajstić information content (AvgIpc) is 2.45. The van der Waals surface area contributed by atoms with E-state index >= 15 is 0 Å². The first-order valence-corrected chi connectivity index (χ1v) is 4.45. The number of rotatable bonds is 1. The van der Waals surface area contributed by atoms with Crippen LogP contribution in [0.5, 0.6) is 0 Å². The van der Waals surface area contributed by atoms with Crippen LogP contribution in [0.25, 0.3) is 0 Å². The molecule has 1 aliphatic heterocycles. The fourth-order valence-electron chi connectivity index (χ4n) is 1.72. The molecule has 70 valence electrons. The Bertz CT molecular complexity index is 409. The third kappa shape index (κ3) is 1.08. The molecule has 0 bridgehead atoms. The lowest BCUT2D eigenvalue weighted by atomic mass is 10.00. The molecule has 3 nitrogen and oxygen atoms in total. The van der Waals surface area contributed by atoms with Gasteiger partial charge in [-0.15, -0.1) is 6.42 Å². The first-order valence-electron chi connectivity index (χ1n) is 4.45. The fourth-order valence-corrected chi connectivity index (χ4v) is 1.72. The smallest absolute Gasteiger partial charge is 0.262 e. The molecular weight excluding hydrogens is 178 g/mol. The van der Waals surface area contributed by atoms with Crippen molar-refractivity contribution in [2.75, 3.05) is 6.54 Å². The van der Waals surface area contributed by atoms with Crippen molar-refractivity contribution in [2.24, 2.45) is 0 Å². The van der Waals surface area contributed by atoms with Gasteiger partial charge in [0.15, 0.2) is 0 Å². The molecule has 1 heterocycles. The summed E-state index contributed by atoms with van der Waals surface area (Å²) in [5.41, 5.74) is 1.14. The Morgan fingerprint density at radius 3 is 2.86 bits per heavy atom. The normalized spacial score (nSPS) is 20.1. The zero-order chi connectivity index (χ0) is 10.1. The number of amides is 2. The largest absolute Gasteiger partial charge is 0.269 e. The number of carbonyl (C=O) groups is 2. The van der Waals surface area contributed by atoms with Gasteiger partial charge in [0.05, 0.1) is 6.54 Å². The van der Waals surface area contributed by atoms with Crippen LogP contribution in [0.2, 0.25) is 0 Å². The van der Waals surface area contributed by atoms with Crippen molar-refractivity contribution in [3.8, 4) is 12.3 Å². The van der Waals surface area contributed by atoms with Crippen LogP contribution in [0.1, 0.15) is 12.8 Å². The summed E-state index contributed by atoms with van der Waals surface area (Å²) in [5.74, 6) is 1.85. The predicted molar refractivity (Wildman–Crippen MR) is 51.0 cm³/mol. The third-order valence-electron chi connectivity index (χ3n) is 2.40. The monoisotopic (exact) mass is 187 g/mol. The molecule has 0 aromatic heterocycles. The standard InChI is InChI=1S/C11H9NO2/c1-2-7-12-10(13)8-5-3-4-6-9(8)11(12)14/h1,3,5H,4,6-7H2. The summed E-state index contributed by atoms with van der Waals surface area (Å²) in [6.45, 7) is 0.0680. The van der Waals surface area contributed by atoms with E-state index in [1.54, 1.807) is 6.08 Å². The molecule has 0 radical (unpaired) electrons. The van der Waals surface area contributed by atoms with E-state index in [9.17, 15) is 9.59 Å². The van der Waals surface area contributed by atoms with Crippen LogP contribution in [-0.2, 0) is 9.59 Å². The highest BCUT2D eigenvalue weighted by Crippen LogP contribution is 2.28. The minimum absolute atomic E-state index is 0.0680. The number of terminal acetylenes is 1. The summed E-state index contributed by atoms with van der Waals surface area (Å²) < 4.78 is 0. The first kappa shape index (κ1) is 8.76. The maximum absolute atomic E-state index is 11.7. The number of allylic oxidation sites excluding steroid dienone is 1. The molecule has 0 aromatic rings. The van der Waals surface area contributed by atoms with E-state index in [4.69, 9.17) is 6.42 Å². The molecule has 2 amide bonds. The first-order chi connectivity index (χ1) is 6.75. The molecule has 3 heteroatoms. The molecule has 0 atom stereocenters. The van der Waals surface area contributed by atoms with Crippen LogP contribution in [0.15, 0.2) is 23.3 Å². The minimum atomic E-state index is -0.251. The maximum Gasteiger partial charge on any atom is 0.262 e. The lowest BCUT2D eigenvalue weighted by Crippen LogP contribution is -2.31. The lowest BCUT2D eigenvalue weighted by molar-refractivity contribution is -0.136. The van der Waals surface area contributed by atoms with Crippen molar-refractivity contribution in [1.29, 1.82) is 0 Å². The number of hydrogen-bond donors (Lipinski definition) is 0. The van der Waals surface area contributed by atoms with Gasteiger partial charge in [-0.25, -0.2) is 0 Å². The fraction of sp³-hybridized carbons (Fsp3) is 0.273. The van der Waals surface area contributed by atoms with E-state index in [1.165, 1.54) is 0 Å². The van der Waals surface area contributed by atoms with Gasteiger partial charge < -0.3 is 0 Å². The van der Waals surface area contributed by atoms with E-state index in [2.05, 4.69) is 5.92 Å². The van der Waals surface area contributed by atoms with Gasteiger partial charge in [-0.05, 0) is 12.8 Å². The molecule has 0 spiro atoms. The molecule has 0 aromatic carbocycles. The highest BCUT2D eigenvalue weighted by Gasteiger charge is 2.36. The number of nitrogens with zero attached hydrogens (tertiary/aromatic N) is 1. The Hall–Kier alpha value is -1.82. The van der Waals surface area contributed by atoms with Crippen molar-refractivity contribution in [3.63, 3.8) is 0 Å². The quantitative estimate of drug-likeness (QED) is 0.446. The minimum Gasteiger partial charge on any atom is -0.269 e. The molecule has 2 aliphatic rings. The summed E-state index contributed by atoms with van der Waals surface area (Å²) in [5, 5.41) is 0. The van der Waals surface area contributed by atoms with Crippen molar-refractivity contribution in [3.05, 3.63) is 23.3 Å². The Morgan fingerprint density at radius 2 is 2.21 bits per heavy atom. The van der Waals surface area contributed by atoms with Crippen LogP contribution >= 0.6 is 0 Å². The van der Waals surface area contributed by atoms with Gasteiger partial charge in [-0.3, -0.25) is 14.5 Å². The number of hydrogen-bond acceptors (Lipinski definition) is 2. The molecule has 14 heavy (non-hydrogen) atoms. The topological polar surface area (TPSA) is 37.4 Å². The summed E-state index contributed by atoms with van der Waals surface area (Å²) in [4.78, 5) is 24.4. The molecule has 1 aliphatic carbocycles. The average molecular weight is 187 g/mol. The second kappa shape index (κ2) is 3.15. The van der Waals surface area contributed by atoms with Crippen molar-refractivity contribution < 1.29 is 9.59 Å². The summed E-state index contributed by atoms with van der Waals surface area (Å²) in [7, 11) is 0. The van der Waals surface area contributed by atoms with E-state index in [1.807, 2.05) is 6.08 Å². The van der Waals surface area contributed by atoms with Crippen LogP contribution in [-0.4, -0.2) is 23.3 Å². The Kier molecular flexibility index (Phi) is 1.97. The second-order valence-electron chi connectivity index (χ2n) is 3.23. The highest BCUT2D eigenvalue weighted by atomic mass is 16.2. The van der Waals surface area contributed by atoms with Gasteiger partial charge >= 0.3 is 0 Å². The van der Waals surface area contributed by atoms with E-state index in [-0.39, 0.29) is 18.4 Å². The van der Waals surface area contributed by atoms with Gasteiger partial charge in [0.25, 0.3) is 11.8 Å². The van der Waals surface area contributed by atoms with Crippen molar-refractivity contribution in [1.82, 2.24) is 4.90 Å². The van der Waals surface area contributed by atoms with Gasteiger partial charge in [-0.2, -0.15) is 0 Å². The summed E-state index contributed by atoms with van der Waals surface area (Å²) in [6, 6.07) is 0. The number of imide groups is 1. The zero-order valence-corrected chi connectivity index (χ0v) is 7.62. The lowest BCUT2D eigenvalue weighted by Gasteiger charge is -2.09. The summed E-state index contributed by atoms with van der Waals surface area (Å²) in [6.07, 6.45) is 10.2. The van der Waals surface area contributed by atoms with Crippen LogP contribution in [0.3, 0.4) is 0 Å². The SMILES string of the molecule is C#CCN1C(=O)C2=C(CCC=C2)C1=O. The highest BCUT2D eigenvalue weighted by molar-refractivity contribution is 6.21. The van der Waals surface area contributed by atoms with Crippen molar-refractivity contribution >= 4 is 11.8 Å². The molecule has 0 saturated carbocycles. The molecular formula is C11H9NO2. The van der Waals surface area contributed by atoms with E-state index < -0.39 is 0 Å². The van der Waals surface area contributed by atoms with E-state index in [0.717, 1.165) is 11.3 Å². The summed E-state index contributed by atoms with van der Waals surface area (Å²) >= 11 is 0. The van der Waals surface area contributed by atoms with Crippen molar-refractivity contribution in [2.45, 2.75) is 12.8 Å². The zero-order valence-electron chi connectivity index (χ0n) is 7.62. The number of carbonyl (C=O) groups excluding carboxylic acids is 2. The van der Waals surface area contributed by atoms with Crippen LogP contribution in [0.4, 0.5) is 0 Å². The maximum atomic E-state index is 11.7. The second-order valence-corrected chi connectivity index (χ2v) is 3.23. The molecule has 0 N–H and O–H groups in total. The van der Waals surface area contributed by atoms with Gasteiger partial charge in [-0.1, -0.05) is 18.1 Å². The molecule has 0 saturated heterocycles.